The van der Waals surface area contributed by atoms with E-state index < -0.39 is 0 Å². The van der Waals surface area contributed by atoms with Crippen molar-refractivity contribution in [3.05, 3.63) is 217 Å². The number of hydrogen-bond acceptors (Lipinski definition) is 2. The molecule has 1 heterocycles. The normalized spacial score (nSPS) is 12.1. The highest BCUT2D eigenvalue weighted by Crippen LogP contribution is 2.37. The van der Waals surface area contributed by atoms with Crippen LogP contribution in [-0.4, -0.2) is 10.7 Å². The maximum atomic E-state index is 5.29. The minimum absolute atomic E-state index is 0.766. The smallest absolute Gasteiger partial charge is 0.0668 e. The number of rotatable bonds is 8. The molecule has 256 valence electrons. The first-order chi connectivity index (χ1) is 26.7. The van der Waals surface area contributed by atoms with E-state index in [-0.39, 0.29) is 0 Å². The minimum Gasteiger partial charge on any atom is -0.264 e. The van der Waals surface area contributed by atoms with Crippen LogP contribution in [0.25, 0.3) is 71.4 Å². The van der Waals surface area contributed by atoms with Crippen molar-refractivity contribution in [1.29, 1.82) is 0 Å². The van der Waals surface area contributed by atoms with Crippen LogP contribution < -0.4 is 0 Å². The zero-order chi connectivity index (χ0) is 36.3. The van der Waals surface area contributed by atoms with Crippen LogP contribution in [0.1, 0.15) is 23.6 Å². The molecule has 0 unspecified atom stereocenters. The summed E-state index contributed by atoms with van der Waals surface area (Å²) in [5.41, 5.74) is 12.4. The fraction of sp³-hybridized carbons (Fsp3) is 0.0385. The van der Waals surface area contributed by atoms with E-state index in [2.05, 4.69) is 194 Å². The summed E-state index contributed by atoms with van der Waals surface area (Å²) in [5.74, 6) is 0. The van der Waals surface area contributed by atoms with Gasteiger partial charge in [0.05, 0.1) is 5.70 Å². The summed E-state index contributed by atoms with van der Waals surface area (Å²) in [6, 6.07) is 65.3. The summed E-state index contributed by atoms with van der Waals surface area (Å²) in [4.78, 5) is 9.60. The molecular formula is C52H38N2. The Morgan fingerprint density at radius 2 is 0.963 bits per heavy atom. The summed E-state index contributed by atoms with van der Waals surface area (Å²) in [6.45, 7) is 2.11. The predicted octanol–water partition coefficient (Wildman–Crippen LogP) is 13.6. The molecule has 0 saturated heterocycles. The summed E-state index contributed by atoms with van der Waals surface area (Å²) < 4.78 is 0. The second-order valence-corrected chi connectivity index (χ2v) is 13.8. The fourth-order valence-electron chi connectivity index (χ4n) is 7.55. The molecule has 54 heavy (non-hydrogen) atoms. The third-order valence-corrected chi connectivity index (χ3v) is 10.4. The number of allylic oxidation sites excluding steroid dienone is 1. The number of aromatic nitrogens is 1. The highest BCUT2D eigenvalue weighted by molar-refractivity contribution is 6.25. The van der Waals surface area contributed by atoms with Crippen molar-refractivity contribution in [1.82, 2.24) is 4.98 Å². The predicted molar refractivity (Wildman–Crippen MR) is 230 cm³/mol. The van der Waals surface area contributed by atoms with Crippen molar-refractivity contribution in [2.45, 2.75) is 13.3 Å². The van der Waals surface area contributed by atoms with Gasteiger partial charge in [-0.1, -0.05) is 176 Å². The molecule has 0 saturated carbocycles. The zero-order valence-corrected chi connectivity index (χ0v) is 30.2. The van der Waals surface area contributed by atoms with E-state index >= 15 is 0 Å². The molecule has 8 aromatic carbocycles. The second kappa shape index (κ2) is 14.6. The third-order valence-electron chi connectivity index (χ3n) is 10.4. The van der Waals surface area contributed by atoms with Crippen LogP contribution in [0.3, 0.4) is 0 Å². The van der Waals surface area contributed by atoms with Crippen molar-refractivity contribution in [2.24, 2.45) is 4.99 Å². The van der Waals surface area contributed by atoms with Crippen molar-refractivity contribution < 1.29 is 0 Å². The minimum atomic E-state index is 0.766. The number of pyridine rings is 1. The standard InChI is InChI=1S/C52H38N2/c1-36(38-21-23-40(24-22-38)44-29-30-50-48-18-6-5-16-46(48)47-17-7-8-19-49(47)51(50)34-44)54-52(42-27-25-41(26-28-42)45-15-10-32-53-35-45)31-20-37-11-9-14-43(33-37)39-12-3-2-4-13-39/h2-19,21-35H,20H2,1H3/b52-31-,54-36?. The average molecular weight is 691 g/mol. The van der Waals surface area contributed by atoms with E-state index in [0.29, 0.717) is 0 Å². The van der Waals surface area contributed by atoms with E-state index in [9.17, 15) is 0 Å². The summed E-state index contributed by atoms with van der Waals surface area (Å²) in [7, 11) is 0. The molecule has 9 rings (SSSR count). The van der Waals surface area contributed by atoms with Gasteiger partial charge in [-0.05, 0) is 108 Å². The van der Waals surface area contributed by atoms with Gasteiger partial charge in [-0.25, -0.2) is 0 Å². The van der Waals surface area contributed by atoms with Gasteiger partial charge in [0, 0.05) is 18.1 Å². The highest BCUT2D eigenvalue weighted by atomic mass is 14.8. The molecule has 0 amide bonds. The molecule has 2 nitrogen and oxygen atoms in total. The largest absolute Gasteiger partial charge is 0.264 e. The number of nitrogens with zero attached hydrogens (tertiary/aromatic N) is 2. The number of hydrogen-bond donors (Lipinski definition) is 0. The quantitative estimate of drug-likeness (QED) is 0.115. The van der Waals surface area contributed by atoms with Crippen LogP contribution in [0, 0.1) is 0 Å². The average Bonchev–Trinajstić information content (AvgIpc) is 3.26. The van der Waals surface area contributed by atoms with Crippen LogP contribution >= 0.6 is 0 Å². The lowest BCUT2D eigenvalue weighted by Crippen LogP contribution is -1.97. The second-order valence-electron chi connectivity index (χ2n) is 13.8. The van der Waals surface area contributed by atoms with Gasteiger partial charge in [0.2, 0.25) is 0 Å². The molecule has 0 radical (unpaired) electrons. The Hall–Kier alpha value is -6.90. The van der Waals surface area contributed by atoms with Gasteiger partial charge in [0.25, 0.3) is 0 Å². The van der Waals surface area contributed by atoms with Crippen molar-refractivity contribution in [3.8, 4) is 33.4 Å². The maximum Gasteiger partial charge on any atom is 0.0668 e. The number of benzene rings is 8. The Labute approximate surface area is 316 Å². The lowest BCUT2D eigenvalue weighted by Gasteiger charge is -2.12. The lowest BCUT2D eigenvalue weighted by molar-refractivity contribution is 1.26. The fourth-order valence-corrected chi connectivity index (χ4v) is 7.55. The van der Waals surface area contributed by atoms with Crippen LogP contribution in [0.2, 0.25) is 0 Å². The SMILES string of the molecule is CC(=N/C(=C\Cc1cccc(-c2ccccc2)c1)c1ccc(-c2cccnc2)cc1)c1ccc(-c2ccc3c4ccccc4c4ccccc4c3c2)cc1. The zero-order valence-electron chi connectivity index (χ0n) is 30.2. The molecule has 0 spiro atoms. The van der Waals surface area contributed by atoms with Gasteiger partial charge in [0.1, 0.15) is 0 Å². The summed E-state index contributed by atoms with van der Waals surface area (Å²) in [5, 5.41) is 7.73. The van der Waals surface area contributed by atoms with Crippen LogP contribution in [0.4, 0.5) is 0 Å². The molecular weight excluding hydrogens is 653 g/mol. The van der Waals surface area contributed by atoms with Crippen molar-refractivity contribution in [2.75, 3.05) is 0 Å². The van der Waals surface area contributed by atoms with Gasteiger partial charge < -0.3 is 0 Å². The van der Waals surface area contributed by atoms with E-state index in [1.807, 2.05) is 12.3 Å². The first-order valence-electron chi connectivity index (χ1n) is 18.5. The van der Waals surface area contributed by atoms with Crippen LogP contribution in [0.15, 0.2) is 205 Å². The first kappa shape index (κ1) is 33.0. The molecule has 0 bridgehead atoms. The molecule has 0 atom stereocenters. The van der Waals surface area contributed by atoms with Gasteiger partial charge in [0.15, 0.2) is 0 Å². The Morgan fingerprint density at radius 3 is 1.63 bits per heavy atom. The molecule has 0 aliphatic rings. The van der Waals surface area contributed by atoms with E-state index in [4.69, 9.17) is 4.99 Å². The topological polar surface area (TPSA) is 25.2 Å². The van der Waals surface area contributed by atoms with Gasteiger partial charge in [-0.2, -0.15) is 0 Å². The third kappa shape index (κ3) is 6.62. The monoisotopic (exact) mass is 690 g/mol. The highest BCUT2D eigenvalue weighted by Gasteiger charge is 2.11. The van der Waals surface area contributed by atoms with E-state index in [1.165, 1.54) is 60.1 Å². The first-order valence-corrected chi connectivity index (χ1v) is 18.5. The van der Waals surface area contributed by atoms with Crippen LogP contribution in [-0.2, 0) is 6.42 Å². The maximum absolute atomic E-state index is 5.29. The van der Waals surface area contributed by atoms with Gasteiger partial charge >= 0.3 is 0 Å². The molecule has 0 aliphatic carbocycles. The summed E-state index contributed by atoms with van der Waals surface area (Å²) in [6.07, 6.45) is 6.73. The van der Waals surface area contributed by atoms with Crippen molar-refractivity contribution >= 4 is 43.7 Å². The molecule has 9 aromatic rings. The lowest BCUT2D eigenvalue weighted by atomic mass is 9.92. The van der Waals surface area contributed by atoms with Crippen molar-refractivity contribution in [3.63, 3.8) is 0 Å². The molecule has 0 N–H and O–H groups in total. The Kier molecular flexibility index (Phi) is 8.92. The molecule has 2 heteroatoms. The van der Waals surface area contributed by atoms with Gasteiger partial charge in [-0.3, -0.25) is 9.98 Å². The molecule has 0 fully saturated rings. The summed E-state index contributed by atoms with van der Waals surface area (Å²) >= 11 is 0. The molecule has 1 aromatic heterocycles. The Bertz CT molecular complexity index is 2780. The number of fused-ring (bicyclic) bond motifs is 6. The van der Waals surface area contributed by atoms with Gasteiger partial charge in [-0.15, -0.1) is 0 Å². The van der Waals surface area contributed by atoms with Crippen LogP contribution in [0.5, 0.6) is 0 Å². The Morgan fingerprint density at radius 1 is 0.444 bits per heavy atom. The molecule has 0 aliphatic heterocycles. The van der Waals surface area contributed by atoms with E-state index in [1.54, 1.807) is 6.20 Å². The number of aliphatic imine (C=N–C) groups is 1. The van der Waals surface area contributed by atoms with E-state index in [0.717, 1.165) is 40.1 Å². The Balaban J connectivity index is 1.05.